The van der Waals surface area contributed by atoms with E-state index >= 15 is 0 Å². The van der Waals surface area contributed by atoms with E-state index in [1.54, 1.807) is 0 Å². The van der Waals surface area contributed by atoms with Crippen molar-refractivity contribution in [2.75, 3.05) is 19.9 Å². The third-order valence-corrected chi connectivity index (χ3v) is 5.74. The van der Waals surface area contributed by atoms with Gasteiger partial charge in [0.05, 0.1) is 5.92 Å². The molecule has 0 aromatic heterocycles. The maximum absolute atomic E-state index is 12.9. The van der Waals surface area contributed by atoms with Crippen molar-refractivity contribution in [3.05, 3.63) is 22.7 Å². The molecule has 0 radical (unpaired) electrons. The Labute approximate surface area is 200 Å². The number of carbonyl (C=O) groups excluding carboxylic acids is 2. The summed E-state index contributed by atoms with van der Waals surface area (Å²) in [5, 5.41) is 8.30. The molecule has 184 valence electrons. The number of ketones is 1. The zero-order chi connectivity index (χ0) is 24.8. The average molecular weight is 484 g/mol. The molecule has 0 spiro atoms. The second kappa shape index (κ2) is 11.7. The third kappa shape index (κ3) is 7.89. The molecule has 0 saturated carbocycles. The Hall–Kier alpha value is -2.32. The largest absolute Gasteiger partial charge is 0.476 e. The van der Waals surface area contributed by atoms with Gasteiger partial charge in [-0.05, 0) is 71.2 Å². The summed E-state index contributed by atoms with van der Waals surface area (Å²) in [5.74, 6) is -1.05. The van der Waals surface area contributed by atoms with Crippen molar-refractivity contribution in [2.45, 2.75) is 71.9 Å². The molecule has 1 saturated heterocycles. The fraction of sp³-hybridized carbons (Fsp3) is 0.625. The molecule has 2 atom stereocenters. The van der Waals surface area contributed by atoms with Crippen LogP contribution in [0.1, 0.15) is 59.4 Å². The van der Waals surface area contributed by atoms with Crippen LogP contribution >= 0.6 is 11.6 Å². The molecule has 0 bridgehead atoms. The number of benzene rings is 1. The van der Waals surface area contributed by atoms with E-state index in [4.69, 9.17) is 30.9 Å². The van der Waals surface area contributed by atoms with Crippen LogP contribution in [0.15, 0.2) is 12.1 Å². The molecule has 2 aliphatic heterocycles. The topological polar surface area (TPSA) is 102 Å². The van der Waals surface area contributed by atoms with Crippen molar-refractivity contribution in [1.29, 1.82) is 0 Å². The Morgan fingerprint density at radius 2 is 1.82 bits per heavy atom. The summed E-state index contributed by atoms with van der Waals surface area (Å²) in [4.78, 5) is 34.2. The number of hydrogen-bond acceptors (Lipinski definition) is 7. The summed E-state index contributed by atoms with van der Waals surface area (Å²) < 4.78 is 16.7. The van der Waals surface area contributed by atoms with Crippen LogP contribution < -0.4 is 9.47 Å². The molecule has 1 aromatic rings. The zero-order valence-corrected chi connectivity index (χ0v) is 20.7. The number of fused-ring (bicyclic) bond motifs is 1. The standard InChI is InChI=1S/C21H30ClNO4.C3H4O3/c1-5-8-23-9-6-7-15(20(24)27-21(2,3)4)17(23)10-14-11-18-19(12-16(14)22)26-13-25-18;1-2(4)3(5)6/h11-12,15,17H,5-10,13H2,1-4H3;1H3,(H,5,6)/t15-,17-;/m1./s1. The highest BCUT2D eigenvalue weighted by Crippen LogP contribution is 2.39. The van der Waals surface area contributed by atoms with Crippen LogP contribution in [0.4, 0.5) is 0 Å². The molecular formula is C24H34ClNO7. The fourth-order valence-corrected chi connectivity index (χ4v) is 4.19. The van der Waals surface area contributed by atoms with Gasteiger partial charge in [0.2, 0.25) is 12.6 Å². The maximum atomic E-state index is 12.9. The summed E-state index contributed by atoms with van der Waals surface area (Å²) in [7, 11) is 0. The van der Waals surface area contributed by atoms with Gasteiger partial charge in [-0.3, -0.25) is 14.5 Å². The molecule has 1 fully saturated rings. The van der Waals surface area contributed by atoms with Crippen molar-refractivity contribution in [3.8, 4) is 11.5 Å². The molecule has 2 aliphatic rings. The van der Waals surface area contributed by atoms with E-state index in [1.165, 1.54) is 0 Å². The molecule has 0 aliphatic carbocycles. The normalized spacial score (nSPS) is 19.9. The minimum atomic E-state index is -1.38. The summed E-state index contributed by atoms with van der Waals surface area (Å²) in [6.07, 6.45) is 3.60. The van der Waals surface area contributed by atoms with Gasteiger partial charge in [-0.1, -0.05) is 18.5 Å². The van der Waals surface area contributed by atoms with Gasteiger partial charge in [0.1, 0.15) is 5.60 Å². The SMILES string of the molecule is CC(=O)C(=O)O.CCCN1CCC[C@@H](C(=O)OC(C)(C)C)[C@H]1Cc1cc2c(cc1Cl)OCO2. The second-order valence-corrected chi connectivity index (χ2v) is 9.66. The van der Waals surface area contributed by atoms with Gasteiger partial charge in [-0.15, -0.1) is 0 Å². The molecule has 33 heavy (non-hydrogen) atoms. The number of carboxylic acids is 1. The van der Waals surface area contributed by atoms with Crippen molar-refractivity contribution < 1.29 is 33.7 Å². The molecule has 9 heteroatoms. The first kappa shape index (κ1) is 26.9. The number of rotatable bonds is 6. The third-order valence-electron chi connectivity index (χ3n) is 5.39. The first-order valence-electron chi connectivity index (χ1n) is 11.2. The van der Waals surface area contributed by atoms with Crippen molar-refractivity contribution in [1.82, 2.24) is 4.90 Å². The van der Waals surface area contributed by atoms with Crippen molar-refractivity contribution in [3.63, 3.8) is 0 Å². The number of nitrogens with zero attached hydrogens (tertiary/aromatic N) is 1. The first-order chi connectivity index (χ1) is 15.4. The highest BCUT2D eigenvalue weighted by atomic mass is 35.5. The summed E-state index contributed by atoms with van der Waals surface area (Å²) in [5.41, 5.74) is 0.507. The van der Waals surface area contributed by atoms with Gasteiger partial charge in [0.25, 0.3) is 0 Å². The van der Waals surface area contributed by atoms with Crippen LogP contribution in [0.2, 0.25) is 5.02 Å². The number of carbonyl (C=O) groups is 3. The minimum absolute atomic E-state index is 0.0754. The van der Waals surface area contributed by atoms with Crippen LogP contribution in [0.25, 0.3) is 0 Å². The lowest BCUT2D eigenvalue weighted by Crippen LogP contribution is -2.50. The number of halogens is 1. The van der Waals surface area contributed by atoms with E-state index in [1.807, 2.05) is 32.9 Å². The number of aliphatic carboxylic acids is 1. The Bertz CT molecular complexity index is 851. The number of hydrogen-bond donors (Lipinski definition) is 1. The van der Waals surface area contributed by atoms with Crippen LogP contribution in [-0.4, -0.2) is 59.3 Å². The summed E-state index contributed by atoms with van der Waals surface area (Å²) in [6.45, 7) is 11.1. The molecule has 8 nitrogen and oxygen atoms in total. The monoisotopic (exact) mass is 483 g/mol. The number of likely N-dealkylation sites (tertiary alicyclic amines) is 1. The van der Waals surface area contributed by atoms with E-state index in [0.29, 0.717) is 17.2 Å². The summed E-state index contributed by atoms with van der Waals surface area (Å²) in [6, 6.07) is 3.84. The van der Waals surface area contributed by atoms with Gasteiger partial charge < -0.3 is 19.3 Å². The number of Topliss-reactive ketones (excluding diaryl/α,β-unsaturated/α-hetero) is 1. The van der Waals surface area contributed by atoms with E-state index in [2.05, 4.69) is 11.8 Å². The van der Waals surface area contributed by atoms with Gasteiger partial charge in [0, 0.05) is 24.1 Å². The van der Waals surface area contributed by atoms with Crippen LogP contribution in [0.5, 0.6) is 11.5 Å². The number of ether oxygens (including phenoxy) is 3. The van der Waals surface area contributed by atoms with E-state index in [0.717, 1.165) is 50.6 Å². The lowest BCUT2D eigenvalue weighted by molar-refractivity contribution is -0.164. The van der Waals surface area contributed by atoms with E-state index in [-0.39, 0.29) is 24.7 Å². The fourth-order valence-electron chi connectivity index (χ4n) is 3.96. The Balaban J connectivity index is 0.000000569. The maximum Gasteiger partial charge on any atom is 0.371 e. The van der Waals surface area contributed by atoms with Crippen molar-refractivity contribution >= 4 is 29.3 Å². The van der Waals surface area contributed by atoms with E-state index < -0.39 is 17.4 Å². The molecule has 0 amide bonds. The predicted molar refractivity (Wildman–Crippen MR) is 124 cm³/mol. The predicted octanol–water partition coefficient (Wildman–Crippen LogP) is 4.10. The van der Waals surface area contributed by atoms with Crippen LogP contribution in [0, 0.1) is 5.92 Å². The number of piperidine rings is 1. The lowest BCUT2D eigenvalue weighted by atomic mass is 9.84. The van der Waals surface area contributed by atoms with Gasteiger partial charge in [-0.25, -0.2) is 4.79 Å². The van der Waals surface area contributed by atoms with Gasteiger partial charge in [-0.2, -0.15) is 0 Å². The Morgan fingerprint density at radius 3 is 2.36 bits per heavy atom. The smallest absolute Gasteiger partial charge is 0.371 e. The number of esters is 1. The second-order valence-electron chi connectivity index (χ2n) is 9.25. The number of carboxylic acid groups (broad SMARTS) is 1. The first-order valence-corrected chi connectivity index (χ1v) is 11.6. The van der Waals surface area contributed by atoms with Crippen LogP contribution in [0.3, 0.4) is 0 Å². The minimum Gasteiger partial charge on any atom is -0.476 e. The molecule has 1 aromatic carbocycles. The zero-order valence-electron chi connectivity index (χ0n) is 20.0. The Morgan fingerprint density at radius 1 is 1.21 bits per heavy atom. The average Bonchev–Trinajstić information content (AvgIpc) is 3.15. The quantitative estimate of drug-likeness (QED) is 0.476. The molecular weight excluding hydrogens is 450 g/mol. The summed E-state index contributed by atoms with van der Waals surface area (Å²) >= 11 is 6.52. The molecule has 1 N–H and O–H groups in total. The molecule has 2 heterocycles. The molecule has 0 unspecified atom stereocenters. The Kier molecular flexibility index (Phi) is 9.55. The van der Waals surface area contributed by atoms with Gasteiger partial charge in [0.15, 0.2) is 11.5 Å². The highest BCUT2D eigenvalue weighted by Gasteiger charge is 2.38. The van der Waals surface area contributed by atoms with E-state index in [9.17, 15) is 14.4 Å². The van der Waals surface area contributed by atoms with Crippen molar-refractivity contribution in [2.24, 2.45) is 5.92 Å². The van der Waals surface area contributed by atoms with Crippen LogP contribution in [-0.2, 0) is 25.5 Å². The van der Waals surface area contributed by atoms with Gasteiger partial charge >= 0.3 is 11.9 Å². The molecule has 3 rings (SSSR count). The lowest BCUT2D eigenvalue weighted by Gasteiger charge is -2.41. The highest BCUT2D eigenvalue weighted by molar-refractivity contribution is 6.31.